The molecule has 1 unspecified atom stereocenters. The lowest BCUT2D eigenvalue weighted by molar-refractivity contribution is -0.0722. The Morgan fingerprint density at radius 2 is 1.96 bits per heavy atom. The molecule has 28 heavy (non-hydrogen) atoms. The first-order valence-corrected chi connectivity index (χ1v) is 12.7. The van der Waals surface area contributed by atoms with E-state index in [0.717, 1.165) is 36.8 Å². The van der Waals surface area contributed by atoms with Crippen LogP contribution < -0.4 is 0 Å². The van der Waals surface area contributed by atoms with Gasteiger partial charge in [-0.25, -0.2) is 4.39 Å². The van der Waals surface area contributed by atoms with Gasteiger partial charge in [-0.05, 0) is 89.4 Å². The van der Waals surface area contributed by atoms with Crippen molar-refractivity contribution >= 4 is 22.6 Å². The van der Waals surface area contributed by atoms with Gasteiger partial charge in [-0.3, -0.25) is 0 Å². The third kappa shape index (κ3) is 3.61. The summed E-state index contributed by atoms with van der Waals surface area (Å²) in [4.78, 5) is 0. The van der Waals surface area contributed by atoms with Gasteiger partial charge >= 0.3 is 0 Å². The SMILES string of the molecule is C[C@]12C[C@H](F)[C@@H]3c4ccc(O)cc4C[C@@H](CCCCCCI)[C@H]3[C@@H]1CCC2O. The van der Waals surface area contributed by atoms with Crippen molar-refractivity contribution in [3.63, 3.8) is 0 Å². The standard InChI is InChI=1S/C24H34FIO2/c1-24-14-20(25)23-18-8-7-17(27)13-16(18)12-15(6-4-2-3-5-11-26)22(23)19(24)9-10-21(24)28/h7-8,13,15,19-23,27-28H,2-6,9-12,14H2,1H3/t15-,19+,20+,21?,22+,23+,24+/m1/s1. The van der Waals surface area contributed by atoms with Crippen LogP contribution in [-0.4, -0.2) is 26.9 Å². The van der Waals surface area contributed by atoms with Gasteiger partial charge in [0.25, 0.3) is 0 Å². The molecular formula is C24H34FIO2. The summed E-state index contributed by atoms with van der Waals surface area (Å²) in [5.74, 6) is 1.44. The van der Waals surface area contributed by atoms with Crippen LogP contribution in [0.3, 0.4) is 0 Å². The molecule has 1 aromatic carbocycles. The van der Waals surface area contributed by atoms with E-state index in [-0.39, 0.29) is 17.4 Å². The van der Waals surface area contributed by atoms with E-state index in [1.165, 1.54) is 30.1 Å². The van der Waals surface area contributed by atoms with E-state index in [9.17, 15) is 10.2 Å². The summed E-state index contributed by atoms with van der Waals surface area (Å²) in [5.41, 5.74) is 2.01. The largest absolute Gasteiger partial charge is 0.508 e. The van der Waals surface area contributed by atoms with Gasteiger partial charge in [0, 0.05) is 5.92 Å². The van der Waals surface area contributed by atoms with Crippen LogP contribution in [0, 0.1) is 23.2 Å². The maximum Gasteiger partial charge on any atom is 0.115 e. The first-order chi connectivity index (χ1) is 13.5. The first-order valence-electron chi connectivity index (χ1n) is 11.2. The number of alkyl halides is 2. The number of hydrogen-bond acceptors (Lipinski definition) is 2. The zero-order valence-electron chi connectivity index (χ0n) is 16.9. The fraction of sp³-hybridized carbons (Fsp3) is 0.750. The predicted molar refractivity (Wildman–Crippen MR) is 120 cm³/mol. The smallest absolute Gasteiger partial charge is 0.115 e. The van der Waals surface area contributed by atoms with Gasteiger partial charge in [0.2, 0.25) is 0 Å². The van der Waals surface area contributed by atoms with E-state index in [0.29, 0.717) is 29.9 Å². The molecule has 1 aromatic rings. The van der Waals surface area contributed by atoms with Crippen molar-refractivity contribution in [3.8, 4) is 5.75 Å². The third-order valence-electron chi connectivity index (χ3n) is 8.23. The van der Waals surface area contributed by atoms with Crippen LogP contribution >= 0.6 is 22.6 Å². The average molecular weight is 500 g/mol. The summed E-state index contributed by atoms with van der Waals surface area (Å²) in [7, 11) is 0. The zero-order chi connectivity index (χ0) is 19.9. The number of phenolic OH excluding ortho intramolecular Hbond substituents is 1. The molecule has 2 N–H and O–H groups in total. The molecule has 7 atom stereocenters. The highest BCUT2D eigenvalue weighted by atomic mass is 127. The number of halogens is 2. The molecule has 156 valence electrons. The Morgan fingerprint density at radius 1 is 1.18 bits per heavy atom. The fourth-order valence-electron chi connectivity index (χ4n) is 6.89. The molecule has 0 saturated heterocycles. The molecule has 3 aliphatic carbocycles. The van der Waals surface area contributed by atoms with Gasteiger partial charge in [0.1, 0.15) is 11.9 Å². The minimum atomic E-state index is -0.899. The van der Waals surface area contributed by atoms with Gasteiger partial charge < -0.3 is 10.2 Å². The second kappa shape index (κ2) is 8.41. The number of phenols is 1. The van der Waals surface area contributed by atoms with Gasteiger partial charge in [0.15, 0.2) is 0 Å². The molecule has 4 heteroatoms. The van der Waals surface area contributed by atoms with Crippen molar-refractivity contribution in [3.05, 3.63) is 29.3 Å². The number of rotatable bonds is 6. The van der Waals surface area contributed by atoms with Crippen LogP contribution in [-0.2, 0) is 6.42 Å². The minimum absolute atomic E-state index is 0.0629. The summed E-state index contributed by atoms with van der Waals surface area (Å²) in [6.45, 7) is 2.14. The molecule has 0 aromatic heterocycles. The van der Waals surface area contributed by atoms with E-state index in [4.69, 9.17) is 0 Å². The molecule has 0 amide bonds. The number of aromatic hydroxyl groups is 1. The zero-order valence-corrected chi connectivity index (χ0v) is 19.1. The Labute approximate surface area is 182 Å². The molecule has 0 spiro atoms. The minimum Gasteiger partial charge on any atom is -0.508 e. The van der Waals surface area contributed by atoms with E-state index in [1.807, 2.05) is 12.1 Å². The van der Waals surface area contributed by atoms with Crippen molar-refractivity contribution in [2.45, 2.75) is 82.9 Å². The number of aliphatic hydroxyl groups excluding tert-OH is 1. The molecule has 2 fully saturated rings. The topological polar surface area (TPSA) is 40.5 Å². The maximum atomic E-state index is 15.6. The van der Waals surface area contributed by atoms with Gasteiger partial charge in [-0.2, -0.15) is 0 Å². The van der Waals surface area contributed by atoms with Crippen molar-refractivity contribution in [1.29, 1.82) is 0 Å². The fourth-order valence-corrected chi connectivity index (χ4v) is 7.43. The Balaban J connectivity index is 1.64. The van der Waals surface area contributed by atoms with E-state index >= 15 is 4.39 Å². The lowest BCUT2D eigenvalue weighted by atomic mass is 9.51. The van der Waals surface area contributed by atoms with E-state index in [1.54, 1.807) is 6.07 Å². The van der Waals surface area contributed by atoms with Crippen LogP contribution in [0.25, 0.3) is 0 Å². The molecule has 2 nitrogen and oxygen atoms in total. The summed E-state index contributed by atoms with van der Waals surface area (Å²) in [6.07, 6.45) is 8.20. The molecule has 0 radical (unpaired) electrons. The van der Waals surface area contributed by atoms with Gasteiger partial charge in [-0.15, -0.1) is 0 Å². The Hall–Kier alpha value is -0.360. The Kier molecular flexibility index (Phi) is 6.27. The molecule has 2 saturated carbocycles. The second-order valence-corrected chi connectivity index (χ2v) is 10.8. The summed E-state index contributed by atoms with van der Waals surface area (Å²) < 4.78 is 16.9. The molecular weight excluding hydrogens is 466 g/mol. The second-order valence-electron chi connectivity index (χ2n) is 9.77. The molecule has 4 rings (SSSR count). The number of fused-ring (bicyclic) bond motifs is 5. The molecule has 0 bridgehead atoms. The van der Waals surface area contributed by atoms with Crippen molar-refractivity contribution in [1.82, 2.24) is 0 Å². The quantitative estimate of drug-likeness (QED) is 0.279. The normalized spacial score (nSPS) is 39.3. The summed E-state index contributed by atoms with van der Waals surface area (Å²) >= 11 is 2.44. The maximum absolute atomic E-state index is 15.6. The third-order valence-corrected chi connectivity index (χ3v) is 9.00. The molecule has 0 heterocycles. The van der Waals surface area contributed by atoms with Crippen LogP contribution in [0.2, 0.25) is 0 Å². The highest BCUT2D eigenvalue weighted by Gasteiger charge is 2.59. The highest BCUT2D eigenvalue weighted by molar-refractivity contribution is 14.1. The number of benzene rings is 1. The van der Waals surface area contributed by atoms with E-state index < -0.39 is 6.17 Å². The predicted octanol–water partition coefficient (Wildman–Crippen LogP) is 6.17. The van der Waals surface area contributed by atoms with Crippen LogP contribution in [0.1, 0.15) is 75.3 Å². The number of hydrogen-bond donors (Lipinski definition) is 2. The van der Waals surface area contributed by atoms with Gasteiger partial charge in [0.05, 0.1) is 6.10 Å². The summed E-state index contributed by atoms with van der Waals surface area (Å²) in [5, 5.41) is 20.7. The van der Waals surface area contributed by atoms with Crippen molar-refractivity contribution in [2.24, 2.45) is 23.2 Å². The Bertz CT molecular complexity index is 695. The van der Waals surface area contributed by atoms with Crippen molar-refractivity contribution < 1.29 is 14.6 Å². The van der Waals surface area contributed by atoms with Crippen molar-refractivity contribution in [2.75, 3.05) is 4.43 Å². The summed E-state index contributed by atoms with van der Waals surface area (Å²) in [6, 6.07) is 5.57. The highest BCUT2D eigenvalue weighted by Crippen LogP contribution is 2.63. The van der Waals surface area contributed by atoms with Crippen LogP contribution in [0.4, 0.5) is 4.39 Å². The Morgan fingerprint density at radius 3 is 2.75 bits per heavy atom. The van der Waals surface area contributed by atoms with E-state index in [2.05, 4.69) is 29.5 Å². The number of unbranched alkanes of at least 4 members (excludes halogenated alkanes) is 3. The molecule has 3 aliphatic rings. The monoisotopic (exact) mass is 500 g/mol. The van der Waals surface area contributed by atoms with Crippen LogP contribution in [0.15, 0.2) is 18.2 Å². The average Bonchev–Trinajstić information content (AvgIpc) is 2.95. The number of aliphatic hydroxyl groups is 1. The lowest BCUT2D eigenvalue weighted by Crippen LogP contribution is -2.51. The molecule has 0 aliphatic heterocycles. The van der Waals surface area contributed by atoms with Gasteiger partial charge in [-0.1, -0.05) is 54.8 Å². The van der Waals surface area contributed by atoms with Crippen LogP contribution in [0.5, 0.6) is 5.75 Å². The first kappa shape index (κ1) is 20.9. The lowest BCUT2D eigenvalue weighted by Gasteiger charge is -2.54.